The van der Waals surface area contributed by atoms with E-state index in [-0.39, 0.29) is 11.9 Å². The Hall–Kier alpha value is 0.300. The first-order valence-corrected chi connectivity index (χ1v) is 8.80. The molecule has 0 saturated heterocycles. The van der Waals surface area contributed by atoms with Crippen molar-refractivity contribution in [3.05, 3.63) is 13.8 Å². The van der Waals surface area contributed by atoms with Gasteiger partial charge in [0.1, 0.15) is 11.9 Å². The second kappa shape index (κ2) is 19.6. The minimum absolute atomic E-state index is 0.230. The molecule has 4 radical (unpaired) electrons. The van der Waals surface area contributed by atoms with Crippen molar-refractivity contribution in [1.29, 1.82) is 0 Å². The van der Waals surface area contributed by atoms with Crippen molar-refractivity contribution in [3.63, 3.8) is 0 Å². The van der Waals surface area contributed by atoms with Gasteiger partial charge in [0.05, 0.1) is 37.3 Å². The highest BCUT2D eigenvalue weighted by molar-refractivity contribution is 7.94. The van der Waals surface area contributed by atoms with Crippen molar-refractivity contribution in [3.8, 4) is 0 Å². The third kappa shape index (κ3) is 15.8. The topological polar surface area (TPSA) is 102 Å². The smallest absolute Gasteiger partial charge is 0.121 e. The van der Waals surface area contributed by atoms with Gasteiger partial charge in [-0.25, -0.2) is 10.5 Å². The number of hydrogen-bond donors (Lipinski definition) is 2. The summed E-state index contributed by atoms with van der Waals surface area (Å²) in [5.74, 6) is 0.461. The van der Waals surface area contributed by atoms with Crippen LogP contribution in [0.3, 0.4) is 0 Å². The molecule has 0 fully saturated rings. The predicted octanol–water partition coefficient (Wildman–Crippen LogP) is 1.10. The van der Waals surface area contributed by atoms with Gasteiger partial charge in [-0.05, 0) is 13.8 Å². The molecule has 0 spiro atoms. The van der Waals surface area contributed by atoms with Gasteiger partial charge >= 0.3 is 0 Å². The van der Waals surface area contributed by atoms with Crippen LogP contribution in [0, 0.1) is 13.8 Å². The summed E-state index contributed by atoms with van der Waals surface area (Å²) in [7, 11) is 0. The summed E-state index contributed by atoms with van der Waals surface area (Å²) in [4.78, 5) is 4.03. The molecule has 0 unspecified atom stereocenters. The van der Waals surface area contributed by atoms with Gasteiger partial charge in [-0.2, -0.15) is 0 Å². The van der Waals surface area contributed by atoms with Crippen LogP contribution in [0.15, 0.2) is 0 Å². The third-order valence-electron chi connectivity index (χ3n) is 2.77. The molecule has 0 bridgehead atoms. The maximum Gasteiger partial charge on any atom is 0.121 e. The lowest BCUT2D eigenvalue weighted by molar-refractivity contribution is -0.432. The highest BCUT2D eigenvalue weighted by atomic mass is 32.2. The molecular formula is C12H24N2O8S2. The van der Waals surface area contributed by atoms with Crippen molar-refractivity contribution >= 4 is 24.1 Å². The fourth-order valence-corrected chi connectivity index (χ4v) is 2.06. The molecule has 24 heavy (non-hydrogen) atoms. The fraction of sp³-hybridized carbons (Fsp3) is 0.833. The fourth-order valence-electron chi connectivity index (χ4n) is 1.53. The van der Waals surface area contributed by atoms with E-state index in [1.54, 1.807) is 0 Å². The lowest BCUT2D eigenvalue weighted by Gasteiger charge is -2.25. The highest BCUT2D eigenvalue weighted by Crippen LogP contribution is 2.03. The summed E-state index contributed by atoms with van der Waals surface area (Å²) in [5.41, 5.74) is 0. The first-order chi connectivity index (χ1) is 11.8. The lowest BCUT2D eigenvalue weighted by Crippen LogP contribution is -2.38. The highest BCUT2D eigenvalue weighted by Gasteiger charge is 2.07. The zero-order chi connectivity index (χ0) is 17.9. The Morgan fingerprint density at radius 1 is 0.708 bits per heavy atom. The van der Waals surface area contributed by atoms with Crippen molar-refractivity contribution in [1.82, 2.24) is 9.80 Å². The average Bonchev–Trinajstić information content (AvgIpc) is 2.61. The van der Waals surface area contributed by atoms with Crippen LogP contribution in [0.1, 0.15) is 0 Å². The van der Waals surface area contributed by atoms with Gasteiger partial charge in [0, 0.05) is 39.3 Å². The van der Waals surface area contributed by atoms with Crippen molar-refractivity contribution < 1.29 is 38.7 Å². The zero-order valence-corrected chi connectivity index (χ0v) is 14.9. The molecule has 0 rings (SSSR count). The van der Waals surface area contributed by atoms with Gasteiger partial charge in [-0.15, -0.1) is 8.67 Å². The van der Waals surface area contributed by atoms with Crippen LogP contribution in [0.5, 0.6) is 0 Å². The largest absolute Gasteiger partial charge is 0.367 e. The third-order valence-corrected chi connectivity index (χ3v) is 3.61. The average molecular weight is 388 g/mol. The van der Waals surface area contributed by atoms with E-state index < -0.39 is 0 Å². The van der Waals surface area contributed by atoms with E-state index >= 15 is 0 Å². The van der Waals surface area contributed by atoms with Crippen LogP contribution in [0.4, 0.5) is 0 Å². The molecule has 10 nitrogen and oxygen atoms in total. The second-order valence-electron chi connectivity index (χ2n) is 4.17. The summed E-state index contributed by atoms with van der Waals surface area (Å²) in [6, 6.07) is 0. The standard InChI is InChI=1S/C12H24N2O8S2/c1-3-13(7-9-17-11-23-21-19-15)5-6-14(4-2)8-10-18-12-24-22-20-16/h1-2,15-16H,3-12H2. The lowest BCUT2D eigenvalue weighted by atomic mass is 10.4. The van der Waals surface area contributed by atoms with Crippen LogP contribution in [0.2, 0.25) is 0 Å². The van der Waals surface area contributed by atoms with Gasteiger partial charge < -0.3 is 9.47 Å². The Morgan fingerprint density at radius 2 is 1.12 bits per heavy atom. The maximum absolute atomic E-state index is 7.94. The first kappa shape index (κ1) is 24.3. The van der Waals surface area contributed by atoms with Crippen LogP contribution in [0.25, 0.3) is 0 Å². The number of ether oxygens (including phenoxy) is 2. The summed E-state index contributed by atoms with van der Waals surface area (Å²) >= 11 is 1.67. The van der Waals surface area contributed by atoms with Crippen molar-refractivity contribution in [2.45, 2.75) is 0 Å². The molecule has 0 aromatic rings. The SMILES string of the molecule is [CH]CN(CCOCSOOO)CCN(C[CH])CCOCSOOO. The molecular weight excluding hydrogens is 364 g/mol. The quantitative estimate of drug-likeness (QED) is 0.109. The van der Waals surface area contributed by atoms with E-state index in [4.69, 9.17) is 33.8 Å². The molecule has 0 aliphatic rings. The van der Waals surface area contributed by atoms with Gasteiger partial charge in [-0.3, -0.25) is 9.80 Å². The maximum atomic E-state index is 7.94. The second-order valence-corrected chi connectivity index (χ2v) is 5.39. The number of hydrogen-bond acceptors (Lipinski definition) is 12. The van der Waals surface area contributed by atoms with Gasteiger partial charge in [-0.1, -0.05) is 10.1 Å². The first-order valence-electron chi connectivity index (χ1n) is 6.98. The minimum Gasteiger partial charge on any atom is -0.367 e. The molecule has 0 amide bonds. The predicted molar refractivity (Wildman–Crippen MR) is 87.9 cm³/mol. The Bertz CT molecular complexity index is 235. The number of nitrogens with zero attached hydrogens (tertiary/aromatic N) is 2. The van der Waals surface area contributed by atoms with Crippen LogP contribution < -0.4 is 0 Å². The monoisotopic (exact) mass is 388 g/mol. The molecule has 0 aliphatic heterocycles. The molecule has 0 aliphatic carbocycles. The zero-order valence-electron chi connectivity index (χ0n) is 13.3. The van der Waals surface area contributed by atoms with E-state index in [0.29, 0.717) is 39.4 Å². The normalized spacial score (nSPS) is 11.8. The van der Waals surface area contributed by atoms with E-state index in [1.165, 1.54) is 0 Å². The van der Waals surface area contributed by atoms with Crippen LogP contribution in [-0.2, 0) is 28.2 Å². The Labute approximate surface area is 151 Å². The van der Waals surface area contributed by atoms with E-state index in [2.05, 4.69) is 18.7 Å². The van der Waals surface area contributed by atoms with Gasteiger partial charge in [0.2, 0.25) is 0 Å². The van der Waals surface area contributed by atoms with Crippen molar-refractivity contribution in [2.75, 3.05) is 64.4 Å². The van der Waals surface area contributed by atoms with E-state index in [9.17, 15) is 0 Å². The number of rotatable bonds is 19. The Kier molecular flexibility index (Phi) is 19.9. The Balaban J connectivity index is 3.66. The summed E-state index contributed by atoms with van der Waals surface area (Å²) < 4.78 is 18.9. The Morgan fingerprint density at radius 3 is 1.46 bits per heavy atom. The van der Waals surface area contributed by atoms with Crippen LogP contribution >= 0.6 is 24.1 Å². The minimum atomic E-state index is 0.230. The molecule has 0 heterocycles. The molecule has 0 atom stereocenters. The summed E-state index contributed by atoms with van der Waals surface area (Å²) in [6.45, 7) is 15.9. The molecule has 142 valence electrons. The van der Waals surface area contributed by atoms with Crippen LogP contribution in [-0.4, -0.2) is 84.7 Å². The molecule has 12 heteroatoms. The molecule has 0 aromatic heterocycles. The summed E-state index contributed by atoms with van der Waals surface area (Å²) in [5, 5.41) is 22.7. The van der Waals surface area contributed by atoms with E-state index in [0.717, 1.165) is 37.2 Å². The molecule has 0 aromatic carbocycles. The van der Waals surface area contributed by atoms with Gasteiger partial charge in [0.15, 0.2) is 0 Å². The van der Waals surface area contributed by atoms with Gasteiger partial charge in [0.25, 0.3) is 0 Å². The van der Waals surface area contributed by atoms with Crippen molar-refractivity contribution in [2.24, 2.45) is 0 Å². The van der Waals surface area contributed by atoms with E-state index in [1.807, 2.05) is 9.80 Å². The summed E-state index contributed by atoms with van der Waals surface area (Å²) in [6.07, 6.45) is 0. The molecule has 0 saturated carbocycles. The molecule has 2 N–H and O–H groups in total.